The second kappa shape index (κ2) is 4.88. The van der Waals surface area contributed by atoms with Crippen molar-refractivity contribution >= 4 is 11.6 Å². The smallest absolute Gasteiger partial charge is 0.255 e. The zero-order valence-corrected chi connectivity index (χ0v) is 11.4. The van der Waals surface area contributed by atoms with Crippen LogP contribution >= 0.6 is 0 Å². The summed E-state index contributed by atoms with van der Waals surface area (Å²) in [6, 6.07) is 5.66. The van der Waals surface area contributed by atoms with Gasteiger partial charge in [0, 0.05) is 34.3 Å². The van der Waals surface area contributed by atoms with Crippen molar-refractivity contribution in [1.82, 2.24) is 4.90 Å². The average molecular weight is 248 g/mol. The van der Waals surface area contributed by atoms with Gasteiger partial charge in [-0.2, -0.15) is 0 Å². The summed E-state index contributed by atoms with van der Waals surface area (Å²) >= 11 is 0. The van der Waals surface area contributed by atoms with Crippen LogP contribution in [0.4, 0.5) is 5.69 Å². The van der Waals surface area contributed by atoms with E-state index in [0.29, 0.717) is 11.7 Å². The van der Waals surface area contributed by atoms with Gasteiger partial charge in [0.1, 0.15) is 5.75 Å². The first-order valence-corrected chi connectivity index (χ1v) is 6.18. The molecule has 4 heteroatoms. The monoisotopic (exact) mass is 248 g/mol. The SMILES string of the molecule is CN(C)C(=O)c1ccc(OC2CC2)cc1N(C)C. The minimum absolute atomic E-state index is 0.0108. The van der Waals surface area contributed by atoms with E-state index in [1.165, 1.54) is 0 Å². The number of nitrogens with zero attached hydrogens (tertiary/aromatic N) is 2. The standard InChI is InChI=1S/C14H20N2O2/c1-15(2)13-9-11(18-10-5-6-10)7-8-12(13)14(17)16(3)4/h7-10H,5-6H2,1-4H3. The van der Waals surface area contributed by atoms with Crippen LogP contribution in [0.3, 0.4) is 0 Å². The Morgan fingerprint density at radius 2 is 1.89 bits per heavy atom. The third-order valence-electron chi connectivity index (χ3n) is 2.91. The normalized spacial score (nSPS) is 14.2. The largest absolute Gasteiger partial charge is 0.490 e. The first-order valence-electron chi connectivity index (χ1n) is 6.18. The highest BCUT2D eigenvalue weighted by Crippen LogP contribution is 2.31. The van der Waals surface area contributed by atoms with E-state index in [1.807, 2.05) is 37.2 Å². The molecule has 0 radical (unpaired) electrons. The summed E-state index contributed by atoms with van der Waals surface area (Å²) < 4.78 is 5.76. The van der Waals surface area contributed by atoms with Crippen molar-refractivity contribution in [2.75, 3.05) is 33.1 Å². The summed E-state index contributed by atoms with van der Waals surface area (Å²) in [4.78, 5) is 15.6. The van der Waals surface area contributed by atoms with Gasteiger partial charge in [-0.1, -0.05) is 0 Å². The van der Waals surface area contributed by atoms with E-state index in [1.54, 1.807) is 19.0 Å². The Kier molecular flexibility index (Phi) is 3.45. The number of ether oxygens (including phenoxy) is 1. The topological polar surface area (TPSA) is 32.8 Å². The van der Waals surface area contributed by atoms with Crippen LogP contribution in [0.2, 0.25) is 0 Å². The Bertz CT molecular complexity index is 451. The summed E-state index contributed by atoms with van der Waals surface area (Å²) in [6.45, 7) is 0. The molecule has 18 heavy (non-hydrogen) atoms. The zero-order valence-electron chi connectivity index (χ0n) is 11.4. The van der Waals surface area contributed by atoms with Crippen LogP contribution in [0, 0.1) is 0 Å². The number of amides is 1. The lowest BCUT2D eigenvalue weighted by atomic mass is 10.1. The van der Waals surface area contributed by atoms with Crippen LogP contribution in [0.25, 0.3) is 0 Å². The molecule has 1 fully saturated rings. The maximum atomic E-state index is 12.1. The Morgan fingerprint density at radius 3 is 2.39 bits per heavy atom. The molecule has 98 valence electrons. The van der Waals surface area contributed by atoms with Crippen molar-refractivity contribution in [3.8, 4) is 5.75 Å². The molecule has 0 aliphatic heterocycles. The third kappa shape index (κ3) is 2.75. The predicted octanol–water partition coefficient (Wildman–Crippen LogP) is 2.00. The Hall–Kier alpha value is -1.71. The average Bonchev–Trinajstić information content (AvgIpc) is 3.11. The van der Waals surface area contributed by atoms with Crippen LogP contribution in [0.1, 0.15) is 23.2 Å². The van der Waals surface area contributed by atoms with Gasteiger partial charge in [-0.15, -0.1) is 0 Å². The van der Waals surface area contributed by atoms with E-state index in [4.69, 9.17) is 4.74 Å². The van der Waals surface area contributed by atoms with Gasteiger partial charge in [0.2, 0.25) is 0 Å². The van der Waals surface area contributed by atoms with Gasteiger partial charge in [0.05, 0.1) is 17.4 Å². The molecule has 1 aromatic carbocycles. The molecule has 1 aliphatic rings. The van der Waals surface area contributed by atoms with Crippen molar-refractivity contribution in [3.63, 3.8) is 0 Å². The Balaban J connectivity index is 2.30. The number of carbonyl (C=O) groups excluding carboxylic acids is 1. The van der Waals surface area contributed by atoms with Gasteiger partial charge in [-0.3, -0.25) is 4.79 Å². The quantitative estimate of drug-likeness (QED) is 0.817. The highest BCUT2D eigenvalue weighted by molar-refractivity contribution is 5.99. The van der Waals surface area contributed by atoms with E-state index >= 15 is 0 Å². The summed E-state index contributed by atoms with van der Waals surface area (Å²) in [6.07, 6.45) is 2.64. The van der Waals surface area contributed by atoms with Gasteiger partial charge in [-0.25, -0.2) is 0 Å². The molecule has 0 heterocycles. The molecular formula is C14H20N2O2. The Labute approximate surface area is 108 Å². The fourth-order valence-corrected chi connectivity index (χ4v) is 1.75. The lowest BCUT2D eigenvalue weighted by Gasteiger charge is -2.20. The van der Waals surface area contributed by atoms with E-state index in [-0.39, 0.29) is 5.91 Å². The van der Waals surface area contributed by atoms with Crippen LogP contribution in [-0.4, -0.2) is 45.1 Å². The zero-order chi connectivity index (χ0) is 13.3. The molecule has 1 aromatic rings. The molecule has 0 saturated heterocycles. The first kappa shape index (κ1) is 12.7. The van der Waals surface area contributed by atoms with Gasteiger partial charge in [-0.05, 0) is 25.0 Å². The molecule has 1 aliphatic carbocycles. The molecule has 1 amide bonds. The van der Waals surface area contributed by atoms with Gasteiger partial charge < -0.3 is 14.5 Å². The number of hydrogen-bond donors (Lipinski definition) is 0. The van der Waals surface area contributed by atoms with Crippen LogP contribution in [-0.2, 0) is 0 Å². The molecule has 0 atom stereocenters. The van der Waals surface area contributed by atoms with Crippen LogP contribution < -0.4 is 9.64 Å². The van der Waals surface area contributed by atoms with E-state index in [0.717, 1.165) is 24.3 Å². The maximum Gasteiger partial charge on any atom is 0.255 e. The van der Waals surface area contributed by atoms with Crippen LogP contribution in [0.5, 0.6) is 5.75 Å². The molecule has 0 spiro atoms. The summed E-state index contributed by atoms with van der Waals surface area (Å²) in [5.74, 6) is 0.855. The molecule has 2 rings (SSSR count). The fourth-order valence-electron chi connectivity index (χ4n) is 1.75. The van der Waals surface area contributed by atoms with Gasteiger partial charge >= 0.3 is 0 Å². The first-order chi connectivity index (χ1) is 8.49. The van der Waals surface area contributed by atoms with E-state index < -0.39 is 0 Å². The number of anilines is 1. The summed E-state index contributed by atoms with van der Waals surface area (Å²) in [7, 11) is 7.39. The van der Waals surface area contributed by atoms with E-state index in [9.17, 15) is 4.79 Å². The lowest BCUT2D eigenvalue weighted by Crippen LogP contribution is -2.24. The van der Waals surface area contributed by atoms with E-state index in [2.05, 4.69) is 0 Å². The lowest BCUT2D eigenvalue weighted by molar-refractivity contribution is 0.0828. The van der Waals surface area contributed by atoms with Gasteiger partial charge in [0.15, 0.2) is 0 Å². The highest BCUT2D eigenvalue weighted by atomic mass is 16.5. The van der Waals surface area contributed by atoms with Crippen molar-refractivity contribution < 1.29 is 9.53 Å². The highest BCUT2D eigenvalue weighted by Gasteiger charge is 2.24. The molecule has 1 saturated carbocycles. The van der Waals surface area contributed by atoms with Crippen molar-refractivity contribution in [3.05, 3.63) is 23.8 Å². The summed E-state index contributed by atoms with van der Waals surface area (Å²) in [5.41, 5.74) is 1.60. The number of benzene rings is 1. The minimum Gasteiger partial charge on any atom is -0.490 e. The van der Waals surface area contributed by atoms with Crippen molar-refractivity contribution in [2.45, 2.75) is 18.9 Å². The number of rotatable bonds is 4. The fraction of sp³-hybridized carbons (Fsp3) is 0.500. The minimum atomic E-state index is 0.0108. The third-order valence-corrected chi connectivity index (χ3v) is 2.91. The molecule has 0 N–H and O–H groups in total. The van der Waals surface area contributed by atoms with Crippen molar-refractivity contribution in [2.24, 2.45) is 0 Å². The second-order valence-corrected chi connectivity index (χ2v) is 5.09. The second-order valence-electron chi connectivity index (χ2n) is 5.09. The maximum absolute atomic E-state index is 12.1. The van der Waals surface area contributed by atoms with Gasteiger partial charge in [0.25, 0.3) is 5.91 Å². The number of carbonyl (C=O) groups is 1. The predicted molar refractivity (Wildman–Crippen MR) is 72.4 cm³/mol. The van der Waals surface area contributed by atoms with Crippen LogP contribution in [0.15, 0.2) is 18.2 Å². The molecule has 0 bridgehead atoms. The number of hydrogen-bond acceptors (Lipinski definition) is 3. The summed E-state index contributed by atoms with van der Waals surface area (Å²) in [5, 5.41) is 0. The molecule has 0 unspecified atom stereocenters. The Morgan fingerprint density at radius 1 is 1.22 bits per heavy atom. The van der Waals surface area contributed by atoms with Crippen molar-refractivity contribution in [1.29, 1.82) is 0 Å². The molecule has 0 aromatic heterocycles. The molecule has 4 nitrogen and oxygen atoms in total. The molecular weight excluding hydrogens is 228 g/mol.